The zero-order valence-corrected chi connectivity index (χ0v) is 36.0. The first kappa shape index (κ1) is 43.9. The van der Waals surface area contributed by atoms with E-state index in [1.165, 1.54) is 17.0 Å². The molecular formula is C44H49F3N6O9S. The average Bonchev–Trinajstić information content (AvgIpc) is 4.11. The van der Waals surface area contributed by atoms with Crippen LogP contribution < -0.4 is 20.1 Å². The van der Waals surface area contributed by atoms with Crippen molar-refractivity contribution in [3.63, 3.8) is 0 Å². The number of benzene rings is 2. The van der Waals surface area contributed by atoms with Crippen molar-refractivity contribution in [3.05, 3.63) is 65.7 Å². The number of nitrogens with one attached hydrogen (secondary N) is 3. The van der Waals surface area contributed by atoms with E-state index in [-0.39, 0.29) is 48.7 Å². The SMILES string of the molecule is Cc1ccc2oc3c(OC4CC5C(=O)NC6(C(=O)NS(=O)(=O)C7CC7)CC6/C=C\CCCCCC(NC(=O)OC(C)(C)C)C(=O)N5C4)nc(-c4ccc(C(F)(F)F)cc4)nc3c2c1. The number of carbonyl (C=O) groups excluding carboxylic acids is 4. The van der Waals surface area contributed by atoms with Crippen molar-refractivity contribution in [1.29, 1.82) is 0 Å². The van der Waals surface area contributed by atoms with Crippen LogP contribution in [-0.2, 0) is 35.3 Å². The molecule has 2 aromatic carbocycles. The first-order chi connectivity index (χ1) is 29.7. The number of carbonyl (C=O) groups is 4. The minimum atomic E-state index is -4.57. The Bertz CT molecular complexity index is 2610. The average molecular weight is 895 g/mol. The molecule has 3 fully saturated rings. The van der Waals surface area contributed by atoms with Crippen molar-refractivity contribution in [1.82, 2.24) is 30.2 Å². The molecule has 336 valence electrons. The van der Waals surface area contributed by atoms with Crippen LogP contribution in [0, 0.1) is 12.8 Å². The lowest BCUT2D eigenvalue weighted by molar-refractivity contribution is -0.141. The Kier molecular flexibility index (Phi) is 11.5. The van der Waals surface area contributed by atoms with Crippen LogP contribution in [0.15, 0.2) is 59.0 Å². The van der Waals surface area contributed by atoms with E-state index in [2.05, 4.69) is 20.3 Å². The highest BCUT2D eigenvalue weighted by atomic mass is 32.2. The first-order valence-electron chi connectivity index (χ1n) is 21.1. The zero-order chi connectivity index (χ0) is 45.1. The van der Waals surface area contributed by atoms with Gasteiger partial charge in [0.1, 0.15) is 40.4 Å². The molecule has 4 aliphatic rings. The predicted molar refractivity (Wildman–Crippen MR) is 223 cm³/mol. The van der Waals surface area contributed by atoms with Crippen LogP contribution >= 0.6 is 0 Å². The van der Waals surface area contributed by atoms with Gasteiger partial charge in [-0.3, -0.25) is 19.1 Å². The van der Waals surface area contributed by atoms with Gasteiger partial charge >= 0.3 is 12.3 Å². The van der Waals surface area contributed by atoms with Crippen molar-refractivity contribution < 1.29 is 54.7 Å². The van der Waals surface area contributed by atoms with Gasteiger partial charge in [-0.1, -0.05) is 48.8 Å². The molecule has 5 atom stereocenters. The highest BCUT2D eigenvalue weighted by molar-refractivity contribution is 7.91. The van der Waals surface area contributed by atoms with Crippen molar-refractivity contribution >= 4 is 55.9 Å². The van der Waals surface area contributed by atoms with Gasteiger partial charge in [-0.2, -0.15) is 18.2 Å². The zero-order valence-electron chi connectivity index (χ0n) is 35.2. The van der Waals surface area contributed by atoms with Crippen LogP contribution in [0.25, 0.3) is 33.5 Å². The summed E-state index contributed by atoms with van der Waals surface area (Å²) in [7, 11) is -3.98. The fourth-order valence-electron chi connectivity index (χ4n) is 8.20. The van der Waals surface area contributed by atoms with Gasteiger partial charge in [0, 0.05) is 23.3 Å². The van der Waals surface area contributed by atoms with Gasteiger partial charge in [0.25, 0.3) is 11.8 Å². The summed E-state index contributed by atoms with van der Waals surface area (Å²) in [5, 5.41) is 5.43. The summed E-state index contributed by atoms with van der Waals surface area (Å²) < 4.78 is 86.8. The lowest BCUT2D eigenvalue weighted by Gasteiger charge is -2.30. The minimum Gasteiger partial charge on any atom is -0.470 e. The van der Waals surface area contributed by atoms with Crippen molar-refractivity contribution in [2.45, 2.75) is 126 Å². The molecule has 0 spiro atoms. The summed E-state index contributed by atoms with van der Waals surface area (Å²) in [6, 6.07) is 7.34. The Hall–Kier alpha value is -5.72. The number of furan rings is 1. The molecule has 19 heteroatoms. The summed E-state index contributed by atoms with van der Waals surface area (Å²) in [6.07, 6.45) is 0.964. The fourth-order valence-corrected chi connectivity index (χ4v) is 9.57. The van der Waals surface area contributed by atoms with Crippen LogP contribution in [0.1, 0.15) is 89.7 Å². The van der Waals surface area contributed by atoms with Crippen LogP contribution in [0.3, 0.4) is 0 Å². The van der Waals surface area contributed by atoms with Gasteiger partial charge in [-0.05, 0) is 90.5 Å². The summed E-state index contributed by atoms with van der Waals surface area (Å²) in [6.45, 7) is 6.72. The molecule has 4 aromatic rings. The quantitative estimate of drug-likeness (QED) is 0.169. The molecular weight excluding hydrogens is 846 g/mol. The van der Waals surface area contributed by atoms with Gasteiger partial charge in [-0.25, -0.2) is 18.2 Å². The Labute approximate surface area is 361 Å². The number of nitrogens with zero attached hydrogens (tertiary/aromatic N) is 3. The lowest BCUT2D eigenvalue weighted by atomic mass is 10.0. The molecule has 63 heavy (non-hydrogen) atoms. The third-order valence-electron chi connectivity index (χ3n) is 11.7. The number of allylic oxidation sites excluding steroid dienone is 1. The maximum Gasteiger partial charge on any atom is 0.416 e. The van der Waals surface area contributed by atoms with Crippen molar-refractivity contribution in [2.24, 2.45) is 5.92 Å². The first-order valence-corrected chi connectivity index (χ1v) is 22.7. The molecule has 3 N–H and O–H groups in total. The molecule has 4 amide bonds. The Morgan fingerprint density at radius 1 is 1.00 bits per heavy atom. The normalized spacial score (nSPS) is 25.3. The number of halogens is 3. The summed E-state index contributed by atoms with van der Waals surface area (Å²) in [5.41, 5.74) is -1.34. The van der Waals surface area contributed by atoms with Crippen LogP contribution in [-0.4, -0.2) is 88.2 Å². The molecule has 1 saturated heterocycles. The lowest BCUT2D eigenvalue weighted by Crippen LogP contribution is -2.58. The third kappa shape index (κ3) is 9.48. The molecule has 0 bridgehead atoms. The summed E-state index contributed by atoms with van der Waals surface area (Å²) in [5.74, 6) is -2.81. The van der Waals surface area contributed by atoms with Crippen molar-refractivity contribution in [3.8, 4) is 17.3 Å². The van der Waals surface area contributed by atoms with Gasteiger partial charge in [0.05, 0.1) is 17.4 Å². The van der Waals surface area contributed by atoms with E-state index in [0.717, 1.165) is 24.1 Å². The largest absolute Gasteiger partial charge is 0.470 e. The number of alkyl carbamates (subject to hydrolysis) is 1. The number of sulfonamides is 1. The van der Waals surface area contributed by atoms with Crippen molar-refractivity contribution in [2.75, 3.05) is 6.54 Å². The molecule has 2 aliphatic carbocycles. The molecule has 0 radical (unpaired) electrons. The van der Waals surface area contributed by atoms with E-state index >= 15 is 0 Å². The monoisotopic (exact) mass is 894 g/mol. The molecule has 2 aromatic heterocycles. The van der Waals surface area contributed by atoms with Crippen LogP contribution in [0.4, 0.5) is 18.0 Å². The van der Waals surface area contributed by atoms with E-state index in [9.17, 15) is 40.8 Å². The molecule has 5 unspecified atom stereocenters. The second kappa shape index (κ2) is 16.4. The van der Waals surface area contributed by atoms with Crippen LogP contribution in [0.5, 0.6) is 5.88 Å². The summed E-state index contributed by atoms with van der Waals surface area (Å²) in [4.78, 5) is 66.9. The molecule has 8 rings (SSSR count). The van der Waals surface area contributed by atoms with Gasteiger partial charge in [-0.15, -0.1) is 0 Å². The molecule has 2 aliphatic heterocycles. The van der Waals surface area contributed by atoms with E-state index in [1.54, 1.807) is 26.8 Å². The second-order valence-electron chi connectivity index (χ2n) is 17.9. The number of amides is 4. The Balaban J connectivity index is 1.16. The Morgan fingerprint density at radius 3 is 2.44 bits per heavy atom. The van der Waals surface area contributed by atoms with E-state index < -0.39 is 86.1 Å². The van der Waals surface area contributed by atoms with Crippen LogP contribution in [0.2, 0.25) is 0 Å². The van der Waals surface area contributed by atoms with Gasteiger partial charge in [0.2, 0.25) is 27.4 Å². The predicted octanol–water partition coefficient (Wildman–Crippen LogP) is 6.62. The highest BCUT2D eigenvalue weighted by Crippen LogP contribution is 2.46. The number of alkyl halides is 3. The summed E-state index contributed by atoms with van der Waals surface area (Å²) >= 11 is 0. The fraction of sp³-hybridized carbons (Fsp3) is 0.500. The van der Waals surface area contributed by atoms with E-state index in [1.807, 2.05) is 31.2 Å². The number of hydrogen-bond donors (Lipinski definition) is 3. The number of fused-ring (bicyclic) bond motifs is 5. The number of aromatic nitrogens is 2. The highest BCUT2D eigenvalue weighted by Gasteiger charge is 2.62. The smallest absolute Gasteiger partial charge is 0.416 e. The minimum absolute atomic E-state index is 0.0284. The Morgan fingerprint density at radius 2 is 1.75 bits per heavy atom. The number of rotatable bonds is 7. The molecule has 4 heterocycles. The standard InChI is InChI=1S/C44H49F3N6O9S/c1-24-12-19-33-30(20-24)34-35(61-33)38(50-36(49-34)25-13-15-26(16-14-25)44(45,46)47)60-28-21-32-37(54)51-43(40(56)52-63(58,59)29-17-18-29)22-27(43)10-8-6-5-7-9-11-31(39(55)53(32)23-28)48-41(57)62-42(2,3)4/h8,10,12-16,19-20,27-29,31-32H,5-7,9,11,17-18,21-23H2,1-4H3,(H,48,57)(H,51,54)(H,52,56)/b10-8-. The van der Waals surface area contributed by atoms with Gasteiger partial charge < -0.3 is 29.4 Å². The topological polar surface area (TPSA) is 199 Å². The third-order valence-corrected chi connectivity index (χ3v) is 13.5. The number of ether oxygens (including phenoxy) is 2. The van der Waals surface area contributed by atoms with E-state index in [0.29, 0.717) is 48.6 Å². The van der Waals surface area contributed by atoms with Gasteiger partial charge in [0.15, 0.2) is 5.82 Å². The molecule has 15 nitrogen and oxygen atoms in total. The number of aryl methyl sites for hydroxylation is 1. The maximum atomic E-state index is 14.7. The molecule has 2 saturated carbocycles. The number of hydrogen-bond acceptors (Lipinski definition) is 11. The maximum absolute atomic E-state index is 14.7. The van der Waals surface area contributed by atoms with E-state index in [4.69, 9.17) is 18.9 Å². The second-order valence-corrected chi connectivity index (χ2v) is 19.9.